The van der Waals surface area contributed by atoms with Crippen LogP contribution in [0.2, 0.25) is 0 Å². The molecule has 7 nitrogen and oxygen atoms in total. The molecule has 1 spiro atoms. The van der Waals surface area contributed by atoms with Gasteiger partial charge in [0.25, 0.3) is 0 Å². The van der Waals surface area contributed by atoms with E-state index in [1.165, 1.54) is 12.8 Å². The summed E-state index contributed by atoms with van der Waals surface area (Å²) in [6.07, 6.45) is 11.3. The minimum absolute atomic E-state index is 0.0998. The van der Waals surface area contributed by atoms with Crippen LogP contribution in [-0.4, -0.2) is 65.4 Å². The maximum atomic E-state index is 12.3. The van der Waals surface area contributed by atoms with Crippen molar-refractivity contribution in [2.24, 2.45) is 5.92 Å². The lowest BCUT2D eigenvalue weighted by Gasteiger charge is -2.53. The third-order valence-corrected chi connectivity index (χ3v) is 5.95. The number of nitrogens with zero attached hydrogens (tertiary/aromatic N) is 3. The molecule has 1 aliphatic carbocycles. The fourth-order valence-electron chi connectivity index (χ4n) is 4.43. The van der Waals surface area contributed by atoms with Crippen LogP contribution >= 0.6 is 0 Å². The zero-order chi connectivity index (χ0) is 18.5. The maximum absolute atomic E-state index is 12.3. The average molecular weight is 375 g/mol. The highest BCUT2D eigenvalue weighted by atomic mass is 16.5. The number of likely N-dealkylation sites (tertiary alicyclic amines) is 1. The number of hydrogen-bond acceptors (Lipinski definition) is 6. The number of ether oxygens (including phenoxy) is 3. The van der Waals surface area contributed by atoms with Crippen LogP contribution in [0.25, 0.3) is 0 Å². The van der Waals surface area contributed by atoms with Crippen LogP contribution in [0.5, 0.6) is 6.01 Å². The van der Waals surface area contributed by atoms with Crippen LogP contribution < -0.4 is 4.74 Å². The molecule has 1 aromatic heterocycles. The fraction of sp³-hybridized carbons (Fsp3) is 0.750. The number of hydrogen-bond donors (Lipinski definition) is 0. The Labute approximate surface area is 160 Å². The second kappa shape index (κ2) is 8.52. The SMILES string of the molecule is O=C(COC1CCCC1)N1CC2(C[C@@H](CCOc3ncccn3)CCO2)C1. The Hall–Kier alpha value is -1.73. The Morgan fingerprint density at radius 3 is 2.78 bits per heavy atom. The Kier molecular flexibility index (Phi) is 5.88. The van der Waals surface area contributed by atoms with Crippen molar-refractivity contribution >= 4 is 5.91 Å². The molecule has 4 rings (SSSR count). The molecule has 0 bridgehead atoms. The third kappa shape index (κ3) is 4.76. The van der Waals surface area contributed by atoms with Crippen molar-refractivity contribution in [1.29, 1.82) is 0 Å². The summed E-state index contributed by atoms with van der Waals surface area (Å²) in [5.74, 6) is 0.650. The fourth-order valence-corrected chi connectivity index (χ4v) is 4.43. The van der Waals surface area contributed by atoms with Gasteiger partial charge in [-0.15, -0.1) is 0 Å². The number of aromatic nitrogens is 2. The molecule has 2 saturated heterocycles. The Morgan fingerprint density at radius 2 is 2.00 bits per heavy atom. The first-order chi connectivity index (χ1) is 13.2. The van der Waals surface area contributed by atoms with Gasteiger partial charge in [0.1, 0.15) is 12.2 Å². The standard InChI is InChI=1S/C20H29N3O4/c24-18(13-26-17-4-1-2-5-17)23-14-20(15-23)12-16(7-11-27-20)6-10-25-19-21-8-3-9-22-19/h3,8-9,16-17H,1-2,4-7,10-15H2/t16-/m0/s1. The summed E-state index contributed by atoms with van der Waals surface area (Å²) >= 11 is 0. The number of rotatable bonds is 7. The molecule has 27 heavy (non-hydrogen) atoms. The van der Waals surface area contributed by atoms with E-state index in [9.17, 15) is 4.79 Å². The van der Waals surface area contributed by atoms with Crippen LogP contribution in [0.4, 0.5) is 0 Å². The molecule has 1 aromatic rings. The van der Waals surface area contributed by atoms with Gasteiger partial charge in [-0.05, 0) is 44.1 Å². The Balaban J connectivity index is 1.17. The lowest BCUT2D eigenvalue weighted by Crippen LogP contribution is -2.67. The van der Waals surface area contributed by atoms with E-state index in [4.69, 9.17) is 14.2 Å². The molecule has 0 unspecified atom stereocenters. The zero-order valence-corrected chi connectivity index (χ0v) is 15.8. The van der Waals surface area contributed by atoms with Gasteiger partial charge in [0.05, 0.1) is 25.8 Å². The van der Waals surface area contributed by atoms with Crippen LogP contribution in [-0.2, 0) is 14.3 Å². The second-order valence-corrected chi connectivity index (χ2v) is 8.03. The normalized spacial score (nSPS) is 24.7. The van der Waals surface area contributed by atoms with Gasteiger partial charge in [-0.3, -0.25) is 4.79 Å². The lowest BCUT2D eigenvalue weighted by atomic mass is 9.79. The van der Waals surface area contributed by atoms with Gasteiger partial charge in [0.2, 0.25) is 5.91 Å². The summed E-state index contributed by atoms with van der Waals surface area (Å²) < 4.78 is 17.4. The van der Waals surface area contributed by atoms with Gasteiger partial charge in [0, 0.05) is 19.0 Å². The molecule has 0 N–H and O–H groups in total. The molecule has 3 fully saturated rings. The van der Waals surface area contributed by atoms with Gasteiger partial charge in [0.15, 0.2) is 0 Å². The smallest absolute Gasteiger partial charge is 0.316 e. The zero-order valence-electron chi connectivity index (χ0n) is 15.8. The summed E-state index contributed by atoms with van der Waals surface area (Å²) in [5, 5.41) is 0. The molecular formula is C20H29N3O4. The van der Waals surface area contributed by atoms with E-state index in [1.54, 1.807) is 18.5 Å². The Bertz CT molecular complexity index is 615. The van der Waals surface area contributed by atoms with Crippen molar-refractivity contribution < 1.29 is 19.0 Å². The molecule has 0 aromatic carbocycles. The summed E-state index contributed by atoms with van der Waals surface area (Å²) in [5.41, 5.74) is -0.158. The van der Waals surface area contributed by atoms with Crippen molar-refractivity contribution in [2.45, 2.75) is 56.7 Å². The average Bonchev–Trinajstić information content (AvgIpc) is 3.19. The van der Waals surface area contributed by atoms with E-state index >= 15 is 0 Å². The molecule has 1 amide bonds. The number of carbonyl (C=O) groups is 1. The molecule has 7 heteroatoms. The first-order valence-corrected chi connectivity index (χ1v) is 10.2. The molecule has 3 heterocycles. The van der Waals surface area contributed by atoms with Crippen molar-refractivity contribution in [1.82, 2.24) is 14.9 Å². The van der Waals surface area contributed by atoms with E-state index in [0.29, 0.717) is 31.6 Å². The minimum Gasteiger partial charge on any atom is -0.463 e. The summed E-state index contributed by atoms with van der Waals surface area (Å²) in [6.45, 7) is 2.98. The molecule has 3 aliphatic rings. The van der Waals surface area contributed by atoms with E-state index in [0.717, 1.165) is 38.7 Å². The Morgan fingerprint density at radius 1 is 1.22 bits per heavy atom. The summed E-state index contributed by atoms with van der Waals surface area (Å²) in [7, 11) is 0. The van der Waals surface area contributed by atoms with Crippen molar-refractivity contribution in [3.8, 4) is 6.01 Å². The number of amides is 1. The monoisotopic (exact) mass is 375 g/mol. The van der Waals surface area contributed by atoms with Crippen molar-refractivity contribution in [3.63, 3.8) is 0 Å². The lowest BCUT2D eigenvalue weighted by molar-refractivity contribution is -0.192. The van der Waals surface area contributed by atoms with E-state index in [2.05, 4.69) is 9.97 Å². The van der Waals surface area contributed by atoms with Crippen LogP contribution in [0.15, 0.2) is 18.5 Å². The van der Waals surface area contributed by atoms with Gasteiger partial charge >= 0.3 is 6.01 Å². The number of carbonyl (C=O) groups excluding carboxylic acids is 1. The topological polar surface area (TPSA) is 73.8 Å². The third-order valence-electron chi connectivity index (χ3n) is 5.95. The molecule has 1 atom stereocenters. The summed E-state index contributed by atoms with van der Waals surface area (Å²) in [6, 6.07) is 2.21. The second-order valence-electron chi connectivity index (χ2n) is 8.03. The quantitative estimate of drug-likeness (QED) is 0.727. The maximum Gasteiger partial charge on any atom is 0.316 e. The van der Waals surface area contributed by atoms with Gasteiger partial charge in [-0.2, -0.15) is 0 Å². The highest BCUT2D eigenvalue weighted by molar-refractivity contribution is 5.78. The molecule has 0 radical (unpaired) electrons. The van der Waals surface area contributed by atoms with E-state index in [1.807, 2.05) is 4.90 Å². The molecule has 2 aliphatic heterocycles. The predicted octanol–water partition coefficient (Wildman–Crippen LogP) is 2.21. The first kappa shape index (κ1) is 18.6. The molecule has 148 valence electrons. The highest BCUT2D eigenvalue weighted by Crippen LogP contribution is 2.38. The van der Waals surface area contributed by atoms with Crippen LogP contribution in [0.1, 0.15) is 44.9 Å². The van der Waals surface area contributed by atoms with Gasteiger partial charge < -0.3 is 19.1 Å². The van der Waals surface area contributed by atoms with Gasteiger partial charge in [-0.25, -0.2) is 9.97 Å². The summed E-state index contributed by atoms with van der Waals surface area (Å²) in [4.78, 5) is 22.4. The van der Waals surface area contributed by atoms with Gasteiger partial charge in [-0.1, -0.05) is 12.8 Å². The van der Waals surface area contributed by atoms with Crippen LogP contribution in [0, 0.1) is 5.92 Å². The van der Waals surface area contributed by atoms with Crippen LogP contribution in [0.3, 0.4) is 0 Å². The first-order valence-electron chi connectivity index (χ1n) is 10.2. The minimum atomic E-state index is -0.158. The molecule has 1 saturated carbocycles. The van der Waals surface area contributed by atoms with Crippen molar-refractivity contribution in [3.05, 3.63) is 18.5 Å². The molecular weight excluding hydrogens is 346 g/mol. The predicted molar refractivity (Wildman–Crippen MR) is 98.3 cm³/mol. The van der Waals surface area contributed by atoms with E-state index < -0.39 is 0 Å². The largest absolute Gasteiger partial charge is 0.463 e. The van der Waals surface area contributed by atoms with E-state index in [-0.39, 0.29) is 24.2 Å². The highest BCUT2D eigenvalue weighted by Gasteiger charge is 2.49. The van der Waals surface area contributed by atoms with Crippen molar-refractivity contribution in [2.75, 3.05) is 32.9 Å².